The SMILES string of the molecule is Cc1nc(C)c(C(=O)N[C@@H]2CCO[C@H](c3cncn3C)C2)s1. The molecule has 1 aliphatic heterocycles. The summed E-state index contributed by atoms with van der Waals surface area (Å²) in [5.41, 5.74) is 1.85. The van der Waals surface area contributed by atoms with Gasteiger partial charge in [0.15, 0.2) is 0 Å². The maximum atomic E-state index is 12.4. The number of nitrogens with one attached hydrogen (secondary N) is 1. The summed E-state index contributed by atoms with van der Waals surface area (Å²) in [4.78, 5) is 21.6. The van der Waals surface area contributed by atoms with Crippen LogP contribution in [0.2, 0.25) is 0 Å². The third kappa shape index (κ3) is 3.05. The molecule has 0 saturated carbocycles. The average Bonchev–Trinajstić information content (AvgIpc) is 3.04. The van der Waals surface area contributed by atoms with Gasteiger partial charge in [-0.1, -0.05) is 0 Å². The molecule has 1 saturated heterocycles. The molecule has 1 fully saturated rings. The van der Waals surface area contributed by atoms with Crippen molar-refractivity contribution in [3.05, 3.63) is 33.8 Å². The van der Waals surface area contributed by atoms with Gasteiger partial charge in [-0.3, -0.25) is 4.79 Å². The molecule has 1 amide bonds. The molecule has 0 bridgehead atoms. The third-order valence-electron chi connectivity index (χ3n) is 3.91. The molecule has 2 aromatic heterocycles. The van der Waals surface area contributed by atoms with Gasteiger partial charge in [0.25, 0.3) is 5.91 Å². The second-order valence-electron chi connectivity index (χ2n) is 5.63. The topological polar surface area (TPSA) is 69.0 Å². The molecule has 3 heterocycles. The fourth-order valence-corrected chi connectivity index (χ4v) is 3.63. The van der Waals surface area contributed by atoms with Gasteiger partial charge in [-0.05, 0) is 26.7 Å². The minimum atomic E-state index is -0.0289. The van der Waals surface area contributed by atoms with Crippen molar-refractivity contribution in [1.29, 1.82) is 0 Å². The first kappa shape index (κ1) is 15.2. The van der Waals surface area contributed by atoms with Gasteiger partial charge in [-0.2, -0.15) is 0 Å². The van der Waals surface area contributed by atoms with Gasteiger partial charge < -0.3 is 14.6 Å². The highest BCUT2D eigenvalue weighted by molar-refractivity contribution is 7.13. The Morgan fingerprint density at radius 2 is 2.32 bits per heavy atom. The summed E-state index contributed by atoms with van der Waals surface area (Å²) >= 11 is 1.44. The molecule has 3 rings (SSSR count). The van der Waals surface area contributed by atoms with E-state index in [1.54, 1.807) is 6.33 Å². The Labute approximate surface area is 133 Å². The quantitative estimate of drug-likeness (QED) is 0.941. The van der Waals surface area contributed by atoms with Gasteiger partial charge in [0, 0.05) is 19.7 Å². The Morgan fingerprint density at radius 3 is 2.95 bits per heavy atom. The van der Waals surface area contributed by atoms with E-state index in [1.807, 2.05) is 31.7 Å². The molecule has 0 aromatic carbocycles. The van der Waals surface area contributed by atoms with E-state index in [2.05, 4.69) is 15.3 Å². The van der Waals surface area contributed by atoms with Crippen LogP contribution in [0.15, 0.2) is 12.5 Å². The summed E-state index contributed by atoms with van der Waals surface area (Å²) in [6.45, 7) is 4.43. The molecule has 0 spiro atoms. The number of ether oxygens (including phenoxy) is 1. The van der Waals surface area contributed by atoms with Crippen LogP contribution in [0, 0.1) is 13.8 Å². The van der Waals surface area contributed by atoms with Crippen LogP contribution in [-0.2, 0) is 11.8 Å². The first-order chi connectivity index (χ1) is 10.5. The van der Waals surface area contributed by atoms with Crippen LogP contribution < -0.4 is 5.32 Å². The van der Waals surface area contributed by atoms with Crippen molar-refractivity contribution in [3.63, 3.8) is 0 Å². The van der Waals surface area contributed by atoms with Crippen molar-refractivity contribution >= 4 is 17.2 Å². The van der Waals surface area contributed by atoms with E-state index in [4.69, 9.17) is 4.74 Å². The zero-order valence-corrected chi connectivity index (χ0v) is 13.8. The van der Waals surface area contributed by atoms with Crippen LogP contribution in [0.1, 0.15) is 45.0 Å². The Hall–Kier alpha value is -1.73. The van der Waals surface area contributed by atoms with Crippen LogP contribution in [0.25, 0.3) is 0 Å². The van der Waals surface area contributed by atoms with E-state index in [0.29, 0.717) is 11.5 Å². The lowest BCUT2D eigenvalue weighted by molar-refractivity contribution is -0.00299. The van der Waals surface area contributed by atoms with Crippen molar-refractivity contribution < 1.29 is 9.53 Å². The van der Waals surface area contributed by atoms with Crippen LogP contribution in [0.3, 0.4) is 0 Å². The zero-order valence-electron chi connectivity index (χ0n) is 13.0. The van der Waals surface area contributed by atoms with Gasteiger partial charge in [0.1, 0.15) is 11.0 Å². The lowest BCUT2D eigenvalue weighted by Crippen LogP contribution is -2.40. The molecule has 2 aromatic rings. The van der Waals surface area contributed by atoms with Gasteiger partial charge in [0.05, 0.1) is 28.9 Å². The Bertz CT molecular complexity index is 679. The Kier molecular flexibility index (Phi) is 4.26. The number of thiazole rings is 1. The summed E-state index contributed by atoms with van der Waals surface area (Å²) in [6, 6.07) is 0.114. The summed E-state index contributed by atoms with van der Waals surface area (Å²) in [6.07, 6.45) is 5.17. The van der Waals surface area contributed by atoms with Gasteiger partial charge >= 0.3 is 0 Å². The molecule has 6 nitrogen and oxygen atoms in total. The summed E-state index contributed by atoms with van der Waals surface area (Å²) in [7, 11) is 1.96. The molecule has 22 heavy (non-hydrogen) atoms. The number of aryl methyl sites for hydroxylation is 3. The lowest BCUT2D eigenvalue weighted by atomic mass is 10.0. The Balaban J connectivity index is 1.67. The van der Waals surface area contributed by atoms with E-state index < -0.39 is 0 Å². The van der Waals surface area contributed by atoms with Crippen LogP contribution in [0.4, 0.5) is 0 Å². The smallest absolute Gasteiger partial charge is 0.263 e. The highest BCUT2D eigenvalue weighted by Crippen LogP contribution is 2.28. The van der Waals surface area contributed by atoms with E-state index in [0.717, 1.165) is 29.2 Å². The van der Waals surface area contributed by atoms with Crippen LogP contribution in [-0.4, -0.2) is 33.1 Å². The minimum Gasteiger partial charge on any atom is -0.372 e. The maximum absolute atomic E-state index is 12.4. The average molecular weight is 320 g/mol. The number of carbonyl (C=O) groups is 1. The molecular formula is C15H20N4O2S. The van der Waals surface area contributed by atoms with E-state index in [-0.39, 0.29) is 18.1 Å². The number of hydrogen-bond acceptors (Lipinski definition) is 5. The molecule has 2 atom stereocenters. The molecule has 118 valence electrons. The number of hydrogen-bond donors (Lipinski definition) is 1. The first-order valence-electron chi connectivity index (χ1n) is 7.37. The van der Waals surface area contributed by atoms with Gasteiger partial charge in [-0.15, -0.1) is 11.3 Å². The number of carbonyl (C=O) groups excluding carboxylic acids is 1. The summed E-state index contributed by atoms with van der Waals surface area (Å²) in [5, 5.41) is 4.04. The predicted octanol–water partition coefficient (Wildman–Crippen LogP) is 2.14. The van der Waals surface area contributed by atoms with Crippen molar-refractivity contribution in [2.75, 3.05) is 6.61 Å². The normalized spacial score (nSPS) is 21.8. The van der Waals surface area contributed by atoms with Crippen LogP contribution in [0.5, 0.6) is 0 Å². The van der Waals surface area contributed by atoms with E-state index in [9.17, 15) is 4.79 Å². The van der Waals surface area contributed by atoms with Gasteiger partial charge in [-0.25, -0.2) is 9.97 Å². The molecule has 1 aliphatic rings. The fourth-order valence-electron chi connectivity index (χ4n) is 2.80. The number of imidazole rings is 1. The molecule has 0 unspecified atom stereocenters. The van der Waals surface area contributed by atoms with Crippen molar-refractivity contribution in [2.24, 2.45) is 7.05 Å². The second kappa shape index (κ2) is 6.18. The number of amides is 1. The summed E-state index contributed by atoms with van der Waals surface area (Å²) in [5.74, 6) is -0.0289. The molecule has 1 N–H and O–H groups in total. The third-order valence-corrected chi connectivity index (χ3v) is 4.98. The molecule has 0 aliphatic carbocycles. The monoisotopic (exact) mass is 320 g/mol. The summed E-state index contributed by atoms with van der Waals surface area (Å²) < 4.78 is 7.79. The zero-order chi connectivity index (χ0) is 15.7. The largest absolute Gasteiger partial charge is 0.372 e. The van der Waals surface area contributed by atoms with Crippen molar-refractivity contribution in [2.45, 2.75) is 38.8 Å². The highest BCUT2D eigenvalue weighted by Gasteiger charge is 2.27. The minimum absolute atomic E-state index is 0.0177. The van der Waals surface area contributed by atoms with Crippen LogP contribution >= 0.6 is 11.3 Å². The van der Waals surface area contributed by atoms with E-state index in [1.165, 1.54) is 11.3 Å². The maximum Gasteiger partial charge on any atom is 0.263 e. The number of nitrogens with zero attached hydrogens (tertiary/aromatic N) is 3. The predicted molar refractivity (Wildman–Crippen MR) is 84.0 cm³/mol. The van der Waals surface area contributed by atoms with Crippen molar-refractivity contribution in [3.8, 4) is 0 Å². The lowest BCUT2D eigenvalue weighted by Gasteiger charge is -2.30. The highest BCUT2D eigenvalue weighted by atomic mass is 32.1. The number of aromatic nitrogens is 3. The van der Waals surface area contributed by atoms with Gasteiger partial charge in [0.2, 0.25) is 0 Å². The molecule has 7 heteroatoms. The second-order valence-corrected chi connectivity index (χ2v) is 6.83. The molecule has 0 radical (unpaired) electrons. The molecular weight excluding hydrogens is 300 g/mol. The number of rotatable bonds is 3. The first-order valence-corrected chi connectivity index (χ1v) is 8.19. The van der Waals surface area contributed by atoms with Crippen molar-refractivity contribution in [1.82, 2.24) is 19.9 Å². The fraction of sp³-hybridized carbons (Fsp3) is 0.533. The Morgan fingerprint density at radius 1 is 1.50 bits per heavy atom. The van der Waals surface area contributed by atoms with E-state index >= 15 is 0 Å². The standard InChI is InChI=1S/C15H20N4O2S/c1-9-14(22-10(2)17-9)15(20)18-11-4-5-21-13(6-11)12-7-16-8-19(12)3/h7-8,11,13H,4-6H2,1-3H3,(H,18,20)/t11-,13+/m1/s1.